The summed E-state index contributed by atoms with van der Waals surface area (Å²) in [6.07, 6.45) is 0. The summed E-state index contributed by atoms with van der Waals surface area (Å²) >= 11 is 0. The molecule has 146 valence electrons. The molecule has 1 heterocycles. The first-order chi connectivity index (χ1) is 11.8. The molecule has 0 radical (unpaired) electrons. The molecule has 1 fully saturated rings. The summed E-state index contributed by atoms with van der Waals surface area (Å²) in [5.41, 5.74) is 5.12. The summed E-state index contributed by atoms with van der Waals surface area (Å²) in [7, 11) is -4.12. The lowest BCUT2D eigenvalue weighted by Crippen LogP contribution is -2.52. The Morgan fingerprint density at radius 2 is 1.77 bits per heavy atom. The van der Waals surface area contributed by atoms with Crippen molar-refractivity contribution in [3.8, 4) is 0 Å². The van der Waals surface area contributed by atoms with Gasteiger partial charge < -0.3 is 16.0 Å². The minimum atomic E-state index is -4.12. The van der Waals surface area contributed by atoms with E-state index in [1.54, 1.807) is 0 Å². The van der Waals surface area contributed by atoms with Crippen molar-refractivity contribution in [2.45, 2.75) is 4.90 Å². The second-order valence-electron chi connectivity index (χ2n) is 5.34. The van der Waals surface area contributed by atoms with Crippen LogP contribution in [-0.2, 0) is 19.6 Å². The van der Waals surface area contributed by atoms with Crippen LogP contribution in [0.25, 0.3) is 0 Å². The lowest BCUT2D eigenvalue weighted by atomic mass is 10.3. The number of nitrogens with two attached hydrogens (primary N) is 1. The normalized spacial score (nSPS) is 15.3. The predicted molar refractivity (Wildman–Crippen MR) is 91.0 cm³/mol. The highest BCUT2D eigenvalue weighted by Gasteiger charge is 2.32. The molecule has 3 N–H and O–H groups in total. The van der Waals surface area contributed by atoms with Gasteiger partial charge in [-0.2, -0.15) is 4.31 Å². The SMILES string of the molecule is Cl.NCC(=O)NCC(=O)N1CCN(S(=O)(=O)c2ccc(F)cc2F)CC1. The minimum Gasteiger partial charge on any atom is -0.346 e. The molecule has 0 aliphatic carbocycles. The molecule has 12 heteroatoms. The van der Waals surface area contributed by atoms with E-state index in [1.807, 2.05) is 0 Å². The molecule has 1 aliphatic heterocycles. The second-order valence-corrected chi connectivity index (χ2v) is 7.25. The minimum absolute atomic E-state index is 0. The van der Waals surface area contributed by atoms with Crippen molar-refractivity contribution in [1.82, 2.24) is 14.5 Å². The van der Waals surface area contributed by atoms with E-state index in [2.05, 4.69) is 5.32 Å². The summed E-state index contributed by atoms with van der Waals surface area (Å²) < 4.78 is 52.6. The van der Waals surface area contributed by atoms with Gasteiger partial charge in [-0.25, -0.2) is 17.2 Å². The average molecular weight is 413 g/mol. The summed E-state index contributed by atoms with van der Waals surface area (Å²) in [6, 6.07) is 2.25. The summed E-state index contributed by atoms with van der Waals surface area (Å²) in [5, 5.41) is 2.34. The van der Waals surface area contributed by atoms with Gasteiger partial charge in [0.05, 0.1) is 13.1 Å². The quantitative estimate of drug-likeness (QED) is 0.663. The number of hydrogen-bond acceptors (Lipinski definition) is 5. The zero-order valence-corrected chi connectivity index (χ0v) is 15.3. The number of sulfonamides is 1. The van der Waals surface area contributed by atoms with Crippen LogP contribution in [0.1, 0.15) is 0 Å². The number of amides is 2. The summed E-state index contributed by atoms with van der Waals surface area (Å²) in [5.74, 6) is -2.87. The van der Waals surface area contributed by atoms with Crippen LogP contribution in [0.2, 0.25) is 0 Å². The zero-order chi connectivity index (χ0) is 18.6. The molecule has 0 bridgehead atoms. The highest BCUT2D eigenvalue weighted by Crippen LogP contribution is 2.21. The van der Waals surface area contributed by atoms with Crippen molar-refractivity contribution in [1.29, 1.82) is 0 Å². The van der Waals surface area contributed by atoms with Crippen LogP contribution in [0.4, 0.5) is 8.78 Å². The third-order valence-electron chi connectivity index (χ3n) is 3.73. The number of halogens is 3. The van der Waals surface area contributed by atoms with E-state index < -0.39 is 32.5 Å². The van der Waals surface area contributed by atoms with Crippen LogP contribution in [0.5, 0.6) is 0 Å². The zero-order valence-electron chi connectivity index (χ0n) is 13.7. The third-order valence-corrected chi connectivity index (χ3v) is 5.66. The molecular formula is C14H19ClF2N4O4S. The largest absolute Gasteiger partial charge is 0.346 e. The fourth-order valence-electron chi connectivity index (χ4n) is 2.36. The molecule has 0 spiro atoms. The number of rotatable bonds is 5. The lowest BCUT2D eigenvalue weighted by molar-refractivity contribution is -0.133. The van der Waals surface area contributed by atoms with Gasteiger partial charge in [-0.05, 0) is 12.1 Å². The van der Waals surface area contributed by atoms with Crippen molar-refractivity contribution in [2.24, 2.45) is 5.73 Å². The fourth-order valence-corrected chi connectivity index (χ4v) is 3.83. The molecule has 8 nitrogen and oxygen atoms in total. The molecule has 0 unspecified atom stereocenters. The number of hydrogen-bond donors (Lipinski definition) is 2. The van der Waals surface area contributed by atoms with Crippen LogP contribution in [0, 0.1) is 11.6 Å². The number of nitrogens with one attached hydrogen (secondary N) is 1. The molecule has 26 heavy (non-hydrogen) atoms. The van der Waals surface area contributed by atoms with Gasteiger partial charge in [0.2, 0.25) is 21.8 Å². The van der Waals surface area contributed by atoms with Gasteiger partial charge in [-0.15, -0.1) is 12.4 Å². The van der Waals surface area contributed by atoms with Gasteiger partial charge in [-0.3, -0.25) is 9.59 Å². The molecule has 1 aromatic rings. The molecule has 1 aromatic carbocycles. The van der Waals surface area contributed by atoms with Gasteiger partial charge in [0, 0.05) is 32.2 Å². The Hall–Kier alpha value is -1.82. The Labute approximate surface area is 155 Å². The maximum absolute atomic E-state index is 13.8. The molecule has 0 aromatic heterocycles. The second kappa shape index (κ2) is 9.21. The van der Waals surface area contributed by atoms with E-state index in [1.165, 1.54) is 4.90 Å². The highest BCUT2D eigenvalue weighted by atomic mass is 35.5. The number of carbonyl (C=O) groups is 2. The smallest absolute Gasteiger partial charge is 0.246 e. The van der Waals surface area contributed by atoms with Crippen molar-refractivity contribution in [2.75, 3.05) is 39.3 Å². The third kappa shape index (κ3) is 5.10. The molecule has 2 amide bonds. The van der Waals surface area contributed by atoms with Gasteiger partial charge in [0.25, 0.3) is 0 Å². The molecule has 1 aliphatic rings. The van der Waals surface area contributed by atoms with Crippen LogP contribution in [-0.4, -0.2) is 68.7 Å². The monoisotopic (exact) mass is 412 g/mol. The predicted octanol–water partition coefficient (Wildman–Crippen LogP) is -0.706. The van der Waals surface area contributed by atoms with E-state index >= 15 is 0 Å². The van der Waals surface area contributed by atoms with E-state index in [0.717, 1.165) is 16.4 Å². The van der Waals surface area contributed by atoms with Gasteiger partial charge in [-0.1, -0.05) is 0 Å². The molecule has 0 atom stereocenters. The molecular weight excluding hydrogens is 394 g/mol. The molecule has 1 saturated heterocycles. The number of piperazine rings is 1. The standard InChI is InChI=1S/C14H18F2N4O4S.ClH/c15-10-1-2-12(11(16)7-10)25(23,24)20-5-3-19(4-6-20)14(22)9-18-13(21)8-17;/h1-2,7H,3-6,8-9,17H2,(H,18,21);1H. The van der Waals surface area contributed by atoms with Crippen LogP contribution in [0.3, 0.4) is 0 Å². The number of benzene rings is 1. The number of carbonyl (C=O) groups excluding carboxylic acids is 2. The summed E-state index contributed by atoms with van der Waals surface area (Å²) in [6.45, 7) is -0.331. The van der Waals surface area contributed by atoms with Gasteiger partial charge in [0.15, 0.2) is 0 Å². The van der Waals surface area contributed by atoms with E-state index in [4.69, 9.17) is 5.73 Å². The fraction of sp³-hybridized carbons (Fsp3) is 0.429. The lowest BCUT2D eigenvalue weighted by Gasteiger charge is -2.34. The topological polar surface area (TPSA) is 113 Å². The van der Waals surface area contributed by atoms with E-state index in [9.17, 15) is 26.8 Å². The Bertz CT molecular complexity index is 770. The first kappa shape index (κ1) is 22.2. The summed E-state index contributed by atoms with van der Waals surface area (Å²) in [4.78, 5) is 23.8. The van der Waals surface area contributed by atoms with Crippen molar-refractivity contribution in [3.63, 3.8) is 0 Å². The van der Waals surface area contributed by atoms with Crippen LogP contribution < -0.4 is 11.1 Å². The Kier molecular flexibility index (Phi) is 7.87. The maximum atomic E-state index is 13.8. The van der Waals surface area contributed by atoms with Crippen molar-refractivity contribution < 1.29 is 26.8 Å². The Balaban J connectivity index is 0.00000338. The molecule has 2 rings (SSSR count). The van der Waals surface area contributed by atoms with Gasteiger partial charge >= 0.3 is 0 Å². The van der Waals surface area contributed by atoms with Crippen LogP contribution >= 0.6 is 12.4 Å². The van der Waals surface area contributed by atoms with Gasteiger partial charge in [0.1, 0.15) is 16.5 Å². The Morgan fingerprint density at radius 3 is 2.31 bits per heavy atom. The average Bonchev–Trinajstić information content (AvgIpc) is 2.59. The van der Waals surface area contributed by atoms with E-state index in [-0.39, 0.29) is 57.6 Å². The number of nitrogens with zero attached hydrogens (tertiary/aromatic N) is 2. The Morgan fingerprint density at radius 1 is 1.15 bits per heavy atom. The van der Waals surface area contributed by atoms with E-state index in [0.29, 0.717) is 6.07 Å². The highest BCUT2D eigenvalue weighted by molar-refractivity contribution is 7.89. The molecule has 0 saturated carbocycles. The van der Waals surface area contributed by atoms with Crippen LogP contribution in [0.15, 0.2) is 23.1 Å². The first-order valence-corrected chi connectivity index (χ1v) is 8.89. The van der Waals surface area contributed by atoms with Crippen molar-refractivity contribution in [3.05, 3.63) is 29.8 Å². The van der Waals surface area contributed by atoms with Crippen molar-refractivity contribution >= 4 is 34.2 Å². The maximum Gasteiger partial charge on any atom is 0.246 e. The first-order valence-electron chi connectivity index (χ1n) is 7.45.